The van der Waals surface area contributed by atoms with Gasteiger partial charge in [0.25, 0.3) is 0 Å². The first-order chi connectivity index (χ1) is 8.20. The van der Waals surface area contributed by atoms with Gasteiger partial charge in [0.15, 0.2) is 0 Å². The van der Waals surface area contributed by atoms with Crippen LogP contribution in [0.25, 0.3) is 0 Å². The third-order valence-corrected chi connectivity index (χ3v) is 4.16. The van der Waals surface area contributed by atoms with E-state index in [1.165, 1.54) is 23.9 Å². The second-order valence-electron chi connectivity index (χ2n) is 3.30. The number of hydrogen-bond acceptors (Lipinski definition) is 3. The molecule has 0 spiro atoms. The molecule has 2 rings (SSSR count). The lowest BCUT2D eigenvalue weighted by atomic mass is 10.2. The summed E-state index contributed by atoms with van der Waals surface area (Å²) in [5.74, 6) is -0.349. The van der Waals surface area contributed by atoms with Crippen LogP contribution in [0.2, 0.25) is 0 Å². The molecule has 1 aromatic carbocycles. The van der Waals surface area contributed by atoms with Gasteiger partial charge in [-0.1, -0.05) is 11.8 Å². The van der Waals surface area contributed by atoms with Crippen molar-refractivity contribution in [2.75, 3.05) is 0 Å². The molecule has 2 aromatic rings. The molecule has 0 bridgehead atoms. The van der Waals surface area contributed by atoms with Gasteiger partial charge in [0, 0.05) is 11.1 Å². The van der Waals surface area contributed by atoms with Gasteiger partial charge in [-0.2, -0.15) is 0 Å². The van der Waals surface area contributed by atoms with Crippen molar-refractivity contribution < 1.29 is 9.50 Å². The summed E-state index contributed by atoms with van der Waals surface area (Å²) in [5, 5.41) is 9.96. The molecule has 1 N–H and O–H groups in total. The molecule has 0 aliphatic carbocycles. The minimum absolute atomic E-state index is 0.190. The van der Waals surface area contributed by atoms with Crippen molar-refractivity contribution in [1.82, 2.24) is 4.98 Å². The molecule has 0 saturated heterocycles. The van der Waals surface area contributed by atoms with Gasteiger partial charge in [0.2, 0.25) is 0 Å². The Morgan fingerprint density at radius 2 is 2.18 bits per heavy atom. The average molecular weight is 314 g/mol. The van der Waals surface area contributed by atoms with Crippen LogP contribution < -0.4 is 0 Å². The van der Waals surface area contributed by atoms with Crippen molar-refractivity contribution in [1.29, 1.82) is 0 Å². The summed E-state index contributed by atoms with van der Waals surface area (Å²) < 4.78 is 13.9. The van der Waals surface area contributed by atoms with E-state index in [1.54, 1.807) is 12.3 Å². The Kier molecular flexibility index (Phi) is 4.15. The third kappa shape index (κ3) is 3.06. The molecule has 0 unspecified atom stereocenters. The van der Waals surface area contributed by atoms with Crippen LogP contribution in [0.1, 0.15) is 5.56 Å². The summed E-state index contributed by atoms with van der Waals surface area (Å²) >= 11 is 4.78. The molecule has 0 atom stereocenters. The number of aliphatic hydroxyl groups is 1. The molecule has 0 fully saturated rings. The van der Waals surface area contributed by atoms with E-state index in [9.17, 15) is 9.50 Å². The molecule has 0 saturated carbocycles. The summed E-state index contributed by atoms with van der Waals surface area (Å²) in [4.78, 5) is 5.01. The highest BCUT2D eigenvalue weighted by molar-refractivity contribution is 9.10. The molecular weight excluding hydrogens is 305 g/mol. The molecule has 1 heterocycles. The van der Waals surface area contributed by atoms with E-state index in [2.05, 4.69) is 20.9 Å². The van der Waals surface area contributed by atoms with Gasteiger partial charge < -0.3 is 5.11 Å². The molecular formula is C12H9BrFNOS. The molecule has 2 nitrogen and oxygen atoms in total. The van der Waals surface area contributed by atoms with Crippen LogP contribution in [-0.4, -0.2) is 10.1 Å². The van der Waals surface area contributed by atoms with E-state index >= 15 is 0 Å². The lowest BCUT2D eigenvalue weighted by Crippen LogP contribution is -1.90. The van der Waals surface area contributed by atoms with Crippen LogP contribution >= 0.6 is 27.7 Å². The SMILES string of the molecule is OCc1cc(F)ccc1Sc1ncccc1Br. The van der Waals surface area contributed by atoms with Gasteiger partial charge in [-0.15, -0.1) is 0 Å². The Labute approximate surface area is 111 Å². The highest BCUT2D eigenvalue weighted by Gasteiger charge is 2.08. The number of aromatic nitrogens is 1. The van der Waals surface area contributed by atoms with E-state index < -0.39 is 0 Å². The lowest BCUT2D eigenvalue weighted by Gasteiger charge is -2.07. The van der Waals surface area contributed by atoms with Crippen LogP contribution in [0.3, 0.4) is 0 Å². The molecule has 0 radical (unpaired) electrons. The summed E-state index contributed by atoms with van der Waals surface area (Å²) in [6, 6.07) is 8.06. The smallest absolute Gasteiger partial charge is 0.123 e. The maximum absolute atomic E-state index is 13.0. The fourth-order valence-corrected chi connectivity index (χ4v) is 2.70. The van der Waals surface area contributed by atoms with Crippen LogP contribution in [0.5, 0.6) is 0 Å². The van der Waals surface area contributed by atoms with E-state index in [1.807, 2.05) is 12.1 Å². The second kappa shape index (κ2) is 5.62. The Morgan fingerprint density at radius 1 is 1.35 bits per heavy atom. The lowest BCUT2D eigenvalue weighted by molar-refractivity contribution is 0.278. The van der Waals surface area contributed by atoms with Crippen LogP contribution in [0.15, 0.2) is 50.9 Å². The van der Waals surface area contributed by atoms with Gasteiger partial charge in [-0.05, 0) is 51.8 Å². The molecule has 0 aliphatic rings. The Hall–Kier alpha value is -0.910. The molecule has 0 aliphatic heterocycles. The first-order valence-corrected chi connectivity index (χ1v) is 6.49. The normalized spacial score (nSPS) is 10.5. The predicted octanol–water partition coefficient (Wildman–Crippen LogP) is 3.63. The molecule has 0 amide bonds. The molecule has 88 valence electrons. The second-order valence-corrected chi connectivity index (χ2v) is 5.19. The number of pyridine rings is 1. The number of halogens is 2. The largest absolute Gasteiger partial charge is 0.392 e. The zero-order chi connectivity index (χ0) is 12.3. The maximum atomic E-state index is 13.0. The highest BCUT2D eigenvalue weighted by atomic mass is 79.9. The fourth-order valence-electron chi connectivity index (χ4n) is 1.32. The fraction of sp³-hybridized carbons (Fsp3) is 0.0833. The Balaban J connectivity index is 2.33. The minimum Gasteiger partial charge on any atom is -0.392 e. The average Bonchev–Trinajstić information content (AvgIpc) is 2.34. The summed E-state index contributed by atoms with van der Waals surface area (Å²) in [5.41, 5.74) is 0.563. The van der Waals surface area contributed by atoms with Crippen LogP contribution in [0, 0.1) is 5.82 Å². The van der Waals surface area contributed by atoms with E-state index in [0.29, 0.717) is 5.56 Å². The van der Waals surface area contributed by atoms with Crippen molar-refractivity contribution in [3.63, 3.8) is 0 Å². The summed E-state index contributed by atoms with van der Waals surface area (Å²) in [7, 11) is 0. The Bertz CT molecular complexity index is 536. The zero-order valence-electron chi connectivity index (χ0n) is 8.73. The van der Waals surface area contributed by atoms with Gasteiger partial charge in [0.1, 0.15) is 10.8 Å². The van der Waals surface area contributed by atoms with Crippen LogP contribution in [0.4, 0.5) is 4.39 Å². The highest BCUT2D eigenvalue weighted by Crippen LogP contribution is 2.33. The predicted molar refractivity (Wildman–Crippen MR) is 68.4 cm³/mol. The monoisotopic (exact) mass is 313 g/mol. The third-order valence-electron chi connectivity index (χ3n) is 2.12. The number of benzene rings is 1. The summed E-state index contributed by atoms with van der Waals surface area (Å²) in [6.07, 6.45) is 1.69. The minimum atomic E-state index is -0.349. The van der Waals surface area contributed by atoms with Gasteiger partial charge in [0.05, 0.1) is 11.1 Å². The number of nitrogens with zero attached hydrogens (tertiary/aromatic N) is 1. The number of rotatable bonds is 3. The van der Waals surface area contributed by atoms with Gasteiger partial charge in [-0.25, -0.2) is 9.37 Å². The number of hydrogen-bond donors (Lipinski definition) is 1. The first kappa shape index (κ1) is 12.5. The van der Waals surface area contributed by atoms with Crippen molar-refractivity contribution in [2.24, 2.45) is 0 Å². The van der Waals surface area contributed by atoms with E-state index in [-0.39, 0.29) is 12.4 Å². The van der Waals surface area contributed by atoms with Crippen LogP contribution in [-0.2, 0) is 6.61 Å². The number of aliphatic hydroxyl groups excluding tert-OH is 1. The van der Waals surface area contributed by atoms with Gasteiger partial charge in [-0.3, -0.25) is 0 Å². The quantitative estimate of drug-likeness (QED) is 0.939. The van der Waals surface area contributed by atoms with Crippen molar-refractivity contribution >= 4 is 27.7 Å². The first-order valence-electron chi connectivity index (χ1n) is 4.88. The Morgan fingerprint density at radius 3 is 2.88 bits per heavy atom. The molecule has 17 heavy (non-hydrogen) atoms. The summed E-state index contributed by atoms with van der Waals surface area (Å²) in [6.45, 7) is -0.190. The maximum Gasteiger partial charge on any atom is 0.123 e. The van der Waals surface area contributed by atoms with Crippen molar-refractivity contribution in [2.45, 2.75) is 16.5 Å². The van der Waals surface area contributed by atoms with E-state index in [0.717, 1.165) is 14.4 Å². The standard InChI is InChI=1S/C12H9BrFNOS/c13-10-2-1-5-15-12(10)17-11-4-3-9(14)6-8(11)7-16/h1-6,16H,7H2. The topological polar surface area (TPSA) is 33.1 Å². The zero-order valence-corrected chi connectivity index (χ0v) is 11.1. The molecule has 5 heteroatoms. The van der Waals surface area contributed by atoms with Crippen molar-refractivity contribution in [3.05, 3.63) is 52.4 Å². The molecule has 1 aromatic heterocycles. The van der Waals surface area contributed by atoms with Crippen molar-refractivity contribution in [3.8, 4) is 0 Å². The van der Waals surface area contributed by atoms with E-state index in [4.69, 9.17) is 0 Å². The van der Waals surface area contributed by atoms with Gasteiger partial charge >= 0.3 is 0 Å².